The van der Waals surface area contributed by atoms with Crippen LogP contribution in [0.3, 0.4) is 0 Å². The van der Waals surface area contributed by atoms with Crippen molar-refractivity contribution >= 4 is 38.4 Å². The van der Waals surface area contributed by atoms with E-state index in [2.05, 4.69) is 4.99 Å². The zero-order valence-corrected chi connectivity index (χ0v) is 15.0. The van der Waals surface area contributed by atoms with E-state index in [9.17, 15) is 13.2 Å². The summed E-state index contributed by atoms with van der Waals surface area (Å²) in [7, 11) is -3.09. The van der Waals surface area contributed by atoms with Crippen molar-refractivity contribution in [2.24, 2.45) is 4.99 Å². The standard InChI is InChI=1S/C16H17N3O3S2/c1-10-4-3-5-12(11(10)2)19-13-8-24(21,22)9-14(13)23-16(19)18-15(20)6-7-17/h3-5,13-14H,6,8-9H2,1-2H3. The lowest BCUT2D eigenvalue weighted by atomic mass is 10.1. The molecule has 2 saturated heterocycles. The van der Waals surface area contributed by atoms with Gasteiger partial charge in [0.25, 0.3) is 5.91 Å². The largest absolute Gasteiger partial charge is 0.315 e. The molecule has 0 aliphatic carbocycles. The number of fused-ring (bicyclic) bond motifs is 1. The normalized spacial score (nSPS) is 26.4. The first kappa shape index (κ1) is 17.0. The van der Waals surface area contributed by atoms with Gasteiger partial charge in [0.05, 0.1) is 23.6 Å². The van der Waals surface area contributed by atoms with Gasteiger partial charge < -0.3 is 4.90 Å². The van der Waals surface area contributed by atoms with E-state index in [1.54, 1.807) is 6.07 Å². The van der Waals surface area contributed by atoms with Gasteiger partial charge in [0.1, 0.15) is 6.42 Å². The highest BCUT2D eigenvalue weighted by atomic mass is 32.2. The molecule has 0 saturated carbocycles. The second-order valence-electron chi connectivity index (χ2n) is 6.01. The molecule has 8 heteroatoms. The van der Waals surface area contributed by atoms with Gasteiger partial charge in [-0.1, -0.05) is 23.9 Å². The number of hydrogen-bond acceptors (Lipinski definition) is 5. The third-order valence-electron chi connectivity index (χ3n) is 4.35. The van der Waals surface area contributed by atoms with Gasteiger partial charge in [-0.2, -0.15) is 10.3 Å². The summed E-state index contributed by atoms with van der Waals surface area (Å²) in [5, 5.41) is 9.02. The molecule has 2 unspecified atom stereocenters. The SMILES string of the molecule is Cc1cccc(N2C(=NC(=O)CC#N)SC3CS(=O)(=O)CC32)c1C. The molecular weight excluding hydrogens is 346 g/mol. The molecule has 0 bridgehead atoms. The molecule has 2 aliphatic rings. The number of rotatable bonds is 2. The van der Waals surface area contributed by atoms with Crippen LogP contribution in [0.1, 0.15) is 17.5 Å². The zero-order valence-electron chi connectivity index (χ0n) is 13.4. The molecule has 126 valence electrons. The fourth-order valence-corrected chi connectivity index (χ4v) is 6.98. The summed E-state index contributed by atoms with van der Waals surface area (Å²) < 4.78 is 24.0. The topological polar surface area (TPSA) is 90.6 Å². The molecule has 1 amide bonds. The number of thioether (sulfide) groups is 1. The lowest BCUT2D eigenvalue weighted by Gasteiger charge is -2.26. The fraction of sp³-hybridized carbons (Fsp3) is 0.438. The monoisotopic (exact) mass is 363 g/mol. The smallest absolute Gasteiger partial charge is 0.262 e. The number of aliphatic imine (C=N–C) groups is 1. The second-order valence-corrected chi connectivity index (χ2v) is 9.37. The van der Waals surface area contributed by atoms with Gasteiger partial charge in [-0.05, 0) is 31.0 Å². The summed E-state index contributed by atoms with van der Waals surface area (Å²) in [5.74, 6) is -0.350. The van der Waals surface area contributed by atoms with Crippen LogP contribution in [0.15, 0.2) is 23.2 Å². The Morgan fingerprint density at radius 2 is 2.17 bits per heavy atom. The van der Waals surface area contributed by atoms with Crippen LogP contribution in [0.25, 0.3) is 0 Å². The predicted molar refractivity (Wildman–Crippen MR) is 94.9 cm³/mol. The number of carbonyl (C=O) groups excluding carboxylic acids is 1. The molecular formula is C16H17N3O3S2. The number of aryl methyl sites for hydroxylation is 1. The van der Waals surface area contributed by atoms with Crippen molar-refractivity contribution < 1.29 is 13.2 Å². The Morgan fingerprint density at radius 1 is 1.42 bits per heavy atom. The Labute approximate surface area is 145 Å². The van der Waals surface area contributed by atoms with Crippen molar-refractivity contribution in [3.63, 3.8) is 0 Å². The molecule has 0 radical (unpaired) electrons. The van der Waals surface area contributed by atoms with Crippen LogP contribution in [0.5, 0.6) is 0 Å². The molecule has 24 heavy (non-hydrogen) atoms. The molecule has 2 fully saturated rings. The van der Waals surface area contributed by atoms with Gasteiger partial charge in [-0.15, -0.1) is 0 Å². The molecule has 0 spiro atoms. The van der Waals surface area contributed by atoms with Crippen LogP contribution in [-0.4, -0.2) is 42.3 Å². The van der Waals surface area contributed by atoms with Crippen LogP contribution in [0.2, 0.25) is 0 Å². The van der Waals surface area contributed by atoms with Gasteiger partial charge in [0.15, 0.2) is 15.0 Å². The summed E-state index contributed by atoms with van der Waals surface area (Å²) in [6.07, 6.45) is -0.279. The highest BCUT2D eigenvalue weighted by Gasteiger charge is 2.49. The van der Waals surface area contributed by atoms with E-state index >= 15 is 0 Å². The molecule has 2 heterocycles. The third kappa shape index (κ3) is 3.06. The molecule has 3 rings (SSSR count). The van der Waals surface area contributed by atoms with E-state index in [0.29, 0.717) is 5.17 Å². The highest BCUT2D eigenvalue weighted by Crippen LogP contribution is 2.42. The van der Waals surface area contributed by atoms with Crippen molar-refractivity contribution in [1.82, 2.24) is 0 Å². The maximum Gasteiger partial charge on any atom is 0.262 e. The summed E-state index contributed by atoms with van der Waals surface area (Å²) >= 11 is 1.32. The first-order valence-electron chi connectivity index (χ1n) is 7.53. The van der Waals surface area contributed by atoms with Crippen LogP contribution in [0, 0.1) is 25.2 Å². The van der Waals surface area contributed by atoms with E-state index in [-0.39, 0.29) is 29.2 Å². The van der Waals surface area contributed by atoms with Gasteiger partial charge in [0, 0.05) is 10.9 Å². The van der Waals surface area contributed by atoms with Gasteiger partial charge in [0.2, 0.25) is 0 Å². The zero-order chi connectivity index (χ0) is 17.5. The molecule has 2 atom stereocenters. The highest BCUT2D eigenvalue weighted by molar-refractivity contribution is 8.16. The average molecular weight is 363 g/mol. The Hall–Kier alpha value is -1.85. The summed E-state index contributed by atoms with van der Waals surface area (Å²) in [4.78, 5) is 17.8. The summed E-state index contributed by atoms with van der Waals surface area (Å²) in [5.41, 5.74) is 2.99. The van der Waals surface area contributed by atoms with E-state index in [0.717, 1.165) is 16.8 Å². The maximum atomic E-state index is 12.0. The average Bonchev–Trinajstić information content (AvgIpc) is 2.94. The molecule has 0 N–H and O–H groups in total. The number of amidine groups is 1. The van der Waals surface area contributed by atoms with E-state index in [1.165, 1.54) is 11.8 Å². The Morgan fingerprint density at radius 3 is 2.88 bits per heavy atom. The maximum absolute atomic E-state index is 12.0. The first-order chi connectivity index (χ1) is 11.3. The summed E-state index contributed by atoms with van der Waals surface area (Å²) in [6.45, 7) is 3.96. The second kappa shape index (κ2) is 6.22. The number of amides is 1. The Bertz CT molecular complexity index is 871. The minimum atomic E-state index is -3.09. The minimum Gasteiger partial charge on any atom is -0.315 e. The molecule has 2 aliphatic heterocycles. The number of carbonyl (C=O) groups is 1. The van der Waals surface area contributed by atoms with Crippen molar-refractivity contribution in [2.45, 2.75) is 31.6 Å². The van der Waals surface area contributed by atoms with Crippen LogP contribution in [0.4, 0.5) is 5.69 Å². The van der Waals surface area contributed by atoms with Crippen molar-refractivity contribution in [1.29, 1.82) is 5.26 Å². The molecule has 6 nitrogen and oxygen atoms in total. The van der Waals surface area contributed by atoms with Gasteiger partial charge >= 0.3 is 0 Å². The Balaban J connectivity index is 2.07. The molecule has 1 aromatic carbocycles. The first-order valence-corrected chi connectivity index (χ1v) is 10.2. The lowest BCUT2D eigenvalue weighted by molar-refractivity contribution is -0.116. The van der Waals surface area contributed by atoms with E-state index in [1.807, 2.05) is 36.9 Å². The van der Waals surface area contributed by atoms with E-state index < -0.39 is 15.7 Å². The number of hydrogen-bond donors (Lipinski definition) is 0. The minimum absolute atomic E-state index is 0.0590. The van der Waals surface area contributed by atoms with Crippen LogP contribution >= 0.6 is 11.8 Å². The summed E-state index contributed by atoms with van der Waals surface area (Å²) in [6, 6.07) is 7.39. The molecule has 1 aromatic rings. The number of sulfone groups is 1. The number of nitriles is 1. The quantitative estimate of drug-likeness (QED) is 0.796. The van der Waals surface area contributed by atoms with Crippen LogP contribution in [-0.2, 0) is 14.6 Å². The molecule has 0 aromatic heterocycles. The predicted octanol–water partition coefficient (Wildman–Crippen LogP) is 1.82. The van der Waals surface area contributed by atoms with Crippen molar-refractivity contribution in [3.8, 4) is 6.07 Å². The number of anilines is 1. The van der Waals surface area contributed by atoms with Gasteiger partial charge in [-0.25, -0.2) is 8.42 Å². The van der Waals surface area contributed by atoms with Gasteiger partial charge in [-0.3, -0.25) is 4.79 Å². The van der Waals surface area contributed by atoms with Crippen molar-refractivity contribution in [3.05, 3.63) is 29.3 Å². The number of nitrogens with zero attached hydrogens (tertiary/aromatic N) is 3. The van der Waals surface area contributed by atoms with Crippen molar-refractivity contribution in [2.75, 3.05) is 16.4 Å². The fourth-order valence-electron chi connectivity index (χ4n) is 3.06. The third-order valence-corrected chi connectivity index (χ3v) is 7.56. The lowest BCUT2D eigenvalue weighted by Crippen LogP contribution is -2.38. The van der Waals surface area contributed by atoms with E-state index in [4.69, 9.17) is 5.26 Å². The number of benzene rings is 1. The van der Waals surface area contributed by atoms with Crippen LogP contribution < -0.4 is 4.90 Å². The Kier molecular flexibility index (Phi) is 4.40.